The fraction of sp³-hybridized carbons (Fsp3) is 0.389. The van der Waals surface area contributed by atoms with Crippen LogP contribution in [0.15, 0.2) is 29.6 Å². The Balaban J connectivity index is 1.58. The molecule has 24 heavy (non-hydrogen) atoms. The molecule has 0 aliphatic carbocycles. The summed E-state index contributed by atoms with van der Waals surface area (Å²) in [5.41, 5.74) is 9.57. The van der Waals surface area contributed by atoms with Crippen molar-refractivity contribution in [2.75, 3.05) is 18.8 Å². The van der Waals surface area contributed by atoms with Crippen LogP contribution in [-0.2, 0) is 6.42 Å². The van der Waals surface area contributed by atoms with Crippen molar-refractivity contribution in [3.8, 4) is 0 Å². The van der Waals surface area contributed by atoms with Gasteiger partial charge in [-0.15, -0.1) is 11.3 Å². The molecule has 128 valence electrons. The number of nitrogens with two attached hydrogens (primary N) is 1. The Bertz CT molecular complexity index is 728. The number of rotatable bonds is 4. The number of nitrogens with one attached hydrogen (secondary N) is 1. The van der Waals surface area contributed by atoms with E-state index in [2.05, 4.69) is 29.4 Å². The maximum absolute atomic E-state index is 12.2. The molecule has 0 saturated carbocycles. The van der Waals surface area contributed by atoms with Crippen LogP contribution >= 0.6 is 22.9 Å². The summed E-state index contributed by atoms with van der Waals surface area (Å²) in [5.74, 6) is -0.0633. The molecule has 6 heteroatoms. The summed E-state index contributed by atoms with van der Waals surface area (Å²) in [6, 6.07) is 7.71. The number of nitrogens with zero attached hydrogens (tertiary/aromatic N) is 1. The number of carbonyl (C=O) groups excluding carboxylic acids is 1. The Morgan fingerprint density at radius 2 is 2.08 bits per heavy atom. The number of anilines is 1. The van der Waals surface area contributed by atoms with Gasteiger partial charge in [0.2, 0.25) is 0 Å². The summed E-state index contributed by atoms with van der Waals surface area (Å²) in [5, 5.41) is 5.15. The minimum atomic E-state index is -0.0633. The Morgan fingerprint density at radius 3 is 2.79 bits per heavy atom. The van der Waals surface area contributed by atoms with Gasteiger partial charge in [-0.25, -0.2) is 0 Å². The third-order valence-electron chi connectivity index (χ3n) is 4.72. The first kappa shape index (κ1) is 17.3. The number of hydrogen-bond donors (Lipinski definition) is 2. The Morgan fingerprint density at radius 1 is 1.38 bits per heavy atom. The van der Waals surface area contributed by atoms with Crippen molar-refractivity contribution in [2.45, 2.75) is 32.4 Å². The van der Waals surface area contributed by atoms with E-state index < -0.39 is 0 Å². The van der Waals surface area contributed by atoms with Crippen molar-refractivity contribution in [1.82, 2.24) is 10.2 Å². The summed E-state index contributed by atoms with van der Waals surface area (Å²) in [6.07, 6.45) is 0.966. The summed E-state index contributed by atoms with van der Waals surface area (Å²) >= 11 is 7.91. The average Bonchev–Trinajstić information content (AvgIpc) is 2.92. The molecule has 1 aromatic carbocycles. The molecule has 2 aromatic rings. The van der Waals surface area contributed by atoms with Crippen LogP contribution in [0.5, 0.6) is 0 Å². The summed E-state index contributed by atoms with van der Waals surface area (Å²) in [4.78, 5) is 14.6. The van der Waals surface area contributed by atoms with E-state index in [9.17, 15) is 4.79 Å². The van der Waals surface area contributed by atoms with Gasteiger partial charge in [-0.3, -0.25) is 9.69 Å². The third kappa shape index (κ3) is 3.43. The second-order valence-corrected chi connectivity index (χ2v) is 7.77. The zero-order valence-corrected chi connectivity index (χ0v) is 15.5. The molecule has 1 aliphatic rings. The lowest BCUT2D eigenvalue weighted by Crippen LogP contribution is -2.44. The van der Waals surface area contributed by atoms with Gasteiger partial charge in [0.25, 0.3) is 5.91 Å². The number of carbonyl (C=O) groups is 1. The fourth-order valence-electron chi connectivity index (χ4n) is 3.34. The van der Waals surface area contributed by atoms with Crippen molar-refractivity contribution in [3.05, 3.63) is 50.7 Å². The van der Waals surface area contributed by atoms with Gasteiger partial charge in [0.05, 0.1) is 4.34 Å². The fourth-order valence-corrected chi connectivity index (χ4v) is 4.57. The lowest BCUT2D eigenvalue weighted by Gasteiger charge is -2.39. The highest BCUT2D eigenvalue weighted by Crippen LogP contribution is 2.39. The highest BCUT2D eigenvalue weighted by Gasteiger charge is 2.31. The predicted octanol–water partition coefficient (Wildman–Crippen LogP) is 3.72. The third-order valence-corrected chi connectivity index (χ3v) is 6.04. The zero-order chi connectivity index (χ0) is 17.3. The van der Waals surface area contributed by atoms with Gasteiger partial charge in [-0.2, -0.15) is 0 Å². The molecule has 1 aliphatic heterocycles. The summed E-state index contributed by atoms with van der Waals surface area (Å²) in [7, 11) is 0. The molecule has 0 saturated heterocycles. The number of benzene rings is 1. The molecule has 1 aromatic heterocycles. The number of hydrogen-bond acceptors (Lipinski definition) is 4. The van der Waals surface area contributed by atoms with E-state index in [-0.39, 0.29) is 5.91 Å². The van der Waals surface area contributed by atoms with Crippen LogP contribution in [0.2, 0.25) is 4.34 Å². The SMILES string of the molecule is C[C@@H]1Cc2c(csc2Cl)[C@H](C)N1CCNC(=O)c1ccc(N)cc1. The van der Waals surface area contributed by atoms with Gasteiger partial charge in [-0.05, 0) is 61.0 Å². The normalized spacial score (nSPS) is 20.6. The second kappa shape index (κ2) is 7.13. The van der Waals surface area contributed by atoms with Crippen molar-refractivity contribution >= 4 is 34.5 Å². The predicted molar refractivity (Wildman–Crippen MR) is 101 cm³/mol. The van der Waals surface area contributed by atoms with E-state index in [4.69, 9.17) is 17.3 Å². The molecule has 0 fully saturated rings. The van der Waals surface area contributed by atoms with Crippen LogP contribution in [0.1, 0.15) is 41.4 Å². The van der Waals surface area contributed by atoms with Crippen molar-refractivity contribution in [2.24, 2.45) is 0 Å². The summed E-state index contributed by atoms with van der Waals surface area (Å²) < 4.78 is 0.917. The largest absolute Gasteiger partial charge is 0.399 e. The molecule has 4 nitrogen and oxygen atoms in total. The molecule has 0 unspecified atom stereocenters. The lowest BCUT2D eigenvalue weighted by molar-refractivity contribution is 0.0929. The highest BCUT2D eigenvalue weighted by atomic mass is 35.5. The topological polar surface area (TPSA) is 58.4 Å². The first-order valence-corrected chi connectivity index (χ1v) is 9.38. The molecule has 3 rings (SSSR count). The van der Waals surface area contributed by atoms with Crippen LogP contribution in [0, 0.1) is 0 Å². The molecular formula is C18H22ClN3OS. The second-order valence-electron chi connectivity index (χ2n) is 6.29. The number of fused-ring (bicyclic) bond motifs is 1. The first-order chi connectivity index (χ1) is 11.5. The standard InChI is InChI=1S/C18H22ClN3OS/c1-11-9-15-16(10-24-17(15)19)12(2)22(11)8-7-21-18(23)13-3-5-14(20)6-4-13/h3-6,10-12H,7-9,20H2,1-2H3,(H,21,23)/t11-,12+/m1/s1. The molecule has 1 amide bonds. The molecule has 0 radical (unpaired) electrons. The van der Waals surface area contributed by atoms with E-state index in [0.717, 1.165) is 17.3 Å². The van der Waals surface area contributed by atoms with Crippen LogP contribution in [0.25, 0.3) is 0 Å². The maximum atomic E-state index is 12.2. The van der Waals surface area contributed by atoms with Gasteiger partial charge < -0.3 is 11.1 Å². The van der Waals surface area contributed by atoms with Crippen molar-refractivity contribution < 1.29 is 4.79 Å². The average molecular weight is 364 g/mol. The minimum Gasteiger partial charge on any atom is -0.399 e. The Labute approximate surface area is 151 Å². The molecule has 2 atom stereocenters. The lowest BCUT2D eigenvalue weighted by atomic mass is 9.93. The van der Waals surface area contributed by atoms with Gasteiger partial charge in [0.15, 0.2) is 0 Å². The zero-order valence-electron chi connectivity index (χ0n) is 13.9. The monoisotopic (exact) mass is 363 g/mol. The first-order valence-electron chi connectivity index (χ1n) is 8.12. The summed E-state index contributed by atoms with van der Waals surface area (Å²) in [6.45, 7) is 5.86. The highest BCUT2D eigenvalue weighted by molar-refractivity contribution is 7.14. The molecule has 0 spiro atoms. The van der Waals surface area contributed by atoms with E-state index in [1.165, 1.54) is 11.1 Å². The number of amides is 1. The minimum absolute atomic E-state index is 0.0633. The van der Waals surface area contributed by atoms with E-state index >= 15 is 0 Å². The molecule has 3 N–H and O–H groups in total. The van der Waals surface area contributed by atoms with Gasteiger partial charge in [0.1, 0.15) is 0 Å². The molecular weight excluding hydrogens is 342 g/mol. The molecule has 2 heterocycles. The van der Waals surface area contributed by atoms with E-state index in [1.54, 1.807) is 35.6 Å². The van der Waals surface area contributed by atoms with Crippen LogP contribution < -0.4 is 11.1 Å². The van der Waals surface area contributed by atoms with Crippen LogP contribution in [-0.4, -0.2) is 29.9 Å². The van der Waals surface area contributed by atoms with Crippen LogP contribution in [0.4, 0.5) is 5.69 Å². The number of thiophene rings is 1. The quantitative estimate of drug-likeness (QED) is 0.814. The van der Waals surface area contributed by atoms with Crippen LogP contribution in [0.3, 0.4) is 0 Å². The van der Waals surface area contributed by atoms with Gasteiger partial charge >= 0.3 is 0 Å². The van der Waals surface area contributed by atoms with Gasteiger partial charge in [0, 0.05) is 36.4 Å². The Kier molecular flexibility index (Phi) is 5.13. The van der Waals surface area contributed by atoms with E-state index in [1.807, 2.05) is 0 Å². The number of halogens is 1. The van der Waals surface area contributed by atoms with E-state index in [0.29, 0.717) is 29.9 Å². The van der Waals surface area contributed by atoms with Crippen molar-refractivity contribution in [3.63, 3.8) is 0 Å². The number of nitrogen functional groups attached to an aromatic ring is 1. The molecule has 0 bridgehead atoms. The Hall–Kier alpha value is -1.56. The van der Waals surface area contributed by atoms with Gasteiger partial charge in [-0.1, -0.05) is 11.6 Å². The van der Waals surface area contributed by atoms with Crippen molar-refractivity contribution in [1.29, 1.82) is 0 Å². The maximum Gasteiger partial charge on any atom is 0.251 e. The smallest absolute Gasteiger partial charge is 0.251 e.